The predicted molar refractivity (Wildman–Crippen MR) is 76.7 cm³/mol. The summed E-state index contributed by atoms with van der Waals surface area (Å²) in [5, 5.41) is 2.27. The number of carbonyl (C=O) groups is 1. The molecule has 0 bridgehead atoms. The van der Waals surface area contributed by atoms with Gasteiger partial charge in [-0.1, -0.05) is 43.0 Å². The molecule has 0 heterocycles. The Morgan fingerprint density at radius 3 is 2.38 bits per heavy atom. The molecule has 3 nitrogen and oxygen atoms in total. The van der Waals surface area contributed by atoms with Crippen LogP contribution in [0.15, 0.2) is 49.0 Å². The molecule has 0 spiro atoms. The van der Waals surface area contributed by atoms with E-state index in [9.17, 15) is 13.6 Å². The lowest BCUT2D eigenvalue weighted by Crippen LogP contribution is -2.14. The molecule has 0 aliphatic rings. The summed E-state index contributed by atoms with van der Waals surface area (Å²) in [6.45, 7) is 3.39. The normalized spacial score (nSPS) is 10.0. The van der Waals surface area contributed by atoms with Crippen molar-refractivity contribution in [3.05, 3.63) is 71.8 Å². The molecular formula is C16H13F2NO2. The van der Waals surface area contributed by atoms with Gasteiger partial charge in [0.25, 0.3) is 0 Å². The molecule has 0 saturated carbocycles. The third-order valence-corrected chi connectivity index (χ3v) is 2.74. The van der Waals surface area contributed by atoms with Crippen molar-refractivity contribution in [2.75, 3.05) is 5.32 Å². The Kier molecular flexibility index (Phi) is 4.66. The van der Waals surface area contributed by atoms with Crippen molar-refractivity contribution in [1.29, 1.82) is 0 Å². The van der Waals surface area contributed by atoms with Crippen LogP contribution in [-0.2, 0) is 11.3 Å². The fourth-order valence-corrected chi connectivity index (χ4v) is 1.73. The molecule has 0 aromatic heterocycles. The number of rotatable bonds is 4. The minimum absolute atomic E-state index is 0.0198. The van der Waals surface area contributed by atoms with Gasteiger partial charge in [0, 0.05) is 11.3 Å². The van der Waals surface area contributed by atoms with Crippen LogP contribution in [0.2, 0.25) is 0 Å². The van der Waals surface area contributed by atoms with Crippen LogP contribution in [0.25, 0.3) is 6.08 Å². The number of anilines is 1. The lowest BCUT2D eigenvalue weighted by molar-refractivity contribution is 0.155. The zero-order chi connectivity index (χ0) is 15.2. The van der Waals surface area contributed by atoms with Crippen LogP contribution in [-0.4, -0.2) is 6.09 Å². The van der Waals surface area contributed by atoms with E-state index in [0.717, 1.165) is 23.8 Å². The molecule has 5 heteroatoms. The van der Waals surface area contributed by atoms with Crippen molar-refractivity contribution in [1.82, 2.24) is 0 Å². The van der Waals surface area contributed by atoms with E-state index in [4.69, 9.17) is 4.74 Å². The van der Waals surface area contributed by atoms with Crippen LogP contribution >= 0.6 is 0 Å². The summed E-state index contributed by atoms with van der Waals surface area (Å²) in [6, 6.07) is 11.1. The van der Waals surface area contributed by atoms with Crippen molar-refractivity contribution in [2.24, 2.45) is 0 Å². The van der Waals surface area contributed by atoms with Gasteiger partial charge in [0.1, 0.15) is 18.2 Å². The number of halogens is 2. The molecule has 2 aromatic carbocycles. The first-order valence-electron chi connectivity index (χ1n) is 6.19. The zero-order valence-electron chi connectivity index (χ0n) is 11.1. The Labute approximate surface area is 120 Å². The van der Waals surface area contributed by atoms with E-state index in [1.54, 1.807) is 12.1 Å². The van der Waals surface area contributed by atoms with Gasteiger partial charge in [0.15, 0.2) is 0 Å². The lowest BCUT2D eigenvalue weighted by Gasteiger charge is -2.08. The number of hydrogen-bond acceptors (Lipinski definition) is 2. The van der Waals surface area contributed by atoms with Gasteiger partial charge in [0.05, 0.1) is 0 Å². The van der Waals surface area contributed by atoms with E-state index in [2.05, 4.69) is 11.9 Å². The second-order valence-electron chi connectivity index (χ2n) is 4.24. The number of hydrogen-bond donors (Lipinski definition) is 1. The molecule has 108 valence electrons. The number of benzene rings is 2. The molecule has 1 N–H and O–H groups in total. The average molecular weight is 289 g/mol. The first kappa shape index (κ1) is 14.7. The molecule has 2 aromatic rings. The van der Waals surface area contributed by atoms with Gasteiger partial charge < -0.3 is 4.74 Å². The Balaban J connectivity index is 1.98. The van der Waals surface area contributed by atoms with Crippen molar-refractivity contribution >= 4 is 17.9 Å². The minimum atomic E-state index is -0.802. The van der Waals surface area contributed by atoms with Crippen LogP contribution in [0.4, 0.5) is 19.3 Å². The minimum Gasteiger partial charge on any atom is -0.444 e. The highest BCUT2D eigenvalue weighted by Gasteiger charge is 2.11. The van der Waals surface area contributed by atoms with Gasteiger partial charge in [-0.2, -0.15) is 0 Å². The monoisotopic (exact) mass is 289 g/mol. The summed E-state index contributed by atoms with van der Waals surface area (Å²) in [7, 11) is 0. The zero-order valence-corrected chi connectivity index (χ0v) is 11.1. The van der Waals surface area contributed by atoms with Gasteiger partial charge in [-0.25, -0.2) is 13.6 Å². The molecule has 1 amide bonds. The average Bonchev–Trinajstić information content (AvgIpc) is 2.46. The Bertz CT molecular complexity index is 634. The first-order valence-corrected chi connectivity index (χ1v) is 6.19. The third-order valence-electron chi connectivity index (χ3n) is 2.74. The summed E-state index contributed by atoms with van der Waals surface area (Å²) in [4.78, 5) is 11.6. The summed E-state index contributed by atoms with van der Waals surface area (Å²) in [5.74, 6) is -1.60. The number of nitrogens with one attached hydrogen (secondary N) is 1. The molecule has 0 radical (unpaired) electrons. The van der Waals surface area contributed by atoms with Crippen LogP contribution in [0, 0.1) is 11.6 Å². The fraction of sp³-hybridized carbons (Fsp3) is 0.0625. The van der Waals surface area contributed by atoms with Crippen molar-refractivity contribution in [2.45, 2.75) is 6.61 Å². The summed E-state index contributed by atoms with van der Waals surface area (Å²) in [5.41, 5.74) is 0.555. The van der Waals surface area contributed by atoms with Gasteiger partial charge in [-0.05, 0) is 17.7 Å². The van der Waals surface area contributed by atoms with E-state index in [1.807, 2.05) is 18.2 Å². The topological polar surface area (TPSA) is 38.3 Å². The lowest BCUT2D eigenvalue weighted by atomic mass is 10.2. The molecule has 0 atom stereocenters. The van der Waals surface area contributed by atoms with Gasteiger partial charge >= 0.3 is 6.09 Å². The Morgan fingerprint density at radius 2 is 1.81 bits per heavy atom. The third kappa shape index (κ3) is 3.89. The molecule has 0 fully saturated rings. The maximum absolute atomic E-state index is 13.5. The second kappa shape index (κ2) is 6.65. The quantitative estimate of drug-likeness (QED) is 0.908. The number of carbonyl (C=O) groups excluding carboxylic acids is 1. The standard InChI is InChI=1S/C16H13F2NO2/c1-2-13-14(17)8-12(9-15(13)18)19-16(20)21-10-11-6-4-3-5-7-11/h2-9H,1,10H2,(H,19,20). The maximum atomic E-state index is 13.5. The van der Waals surface area contributed by atoms with Gasteiger partial charge in [-0.15, -0.1) is 0 Å². The molecule has 21 heavy (non-hydrogen) atoms. The number of amides is 1. The van der Waals surface area contributed by atoms with E-state index in [0.29, 0.717) is 0 Å². The summed E-state index contributed by atoms with van der Waals surface area (Å²) in [6.07, 6.45) is 0.284. The van der Waals surface area contributed by atoms with Crippen LogP contribution in [0.1, 0.15) is 11.1 Å². The Hall–Kier alpha value is -2.69. The summed E-state index contributed by atoms with van der Waals surface area (Å²) < 4.78 is 32.0. The predicted octanol–water partition coefficient (Wildman–Crippen LogP) is 4.36. The highest BCUT2D eigenvalue weighted by atomic mass is 19.1. The van der Waals surface area contributed by atoms with Crippen LogP contribution < -0.4 is 5.32 Å². The molecule has 0 saturated heterocycles. The van der Waals surface area contributed by atoms with Crippen molar-refractivity contribution in [3.8, 4) is 0 Å². The van der Waals surface area contributed by atoms with Crippen LogP contribution in [0.3, 0.4) is 0 Å². The highest BCUT2D eigenvalue weighted by Crippen LogP contribution is 2.20. The molecular weight excluding hydrogens is 276 g/mol. The van der Waals surface area contributed by atoms with E-state index >= 15 is 0 Å². The fourth-order valence-electron chi connectivity index (χ4n) is 1.73. The van der Waals surface area contributed by atoms with Gasteiger partial charge in [-0.3, -0.25) is 5.32 Å². The largest absolute Gasteiger partial charge is 0.444 e. The molecule has 0 aliphatic carbocycles. The summed E-state index contributed by atoms with van der Waals surface area (Å²) >= 11 is 0. The molecule has 0 aliphatic heterocycles. The van der Waals surface area contributed by atoms with E-state index in [-0.39, 0.29) is 17.9 Å². The van der Waals surface area contributed by atoms with Crippen LogP contribution in [0.5, 0.6) is 0 Å². The van der Waals surface area contributed by atoms with E-state index in [1.165, 1.54) is 0 Å². The molecule has 0 unspecified atom stereocenters. The maximum Gasteiger partial charge on any atom is 0.411 e. The molecule has 2 rings (SSSR count). The van der Waals surface area contributed by atoms with Crippen molar-refractivity contribution < 1.29 is 18.3 Å². The van der Waals surface area contributed by atoms with E-state index < -0.39 is 17.7 Å². The highest BCUT2D eigenvalue weighted by molar-refractivity contribution is 5.84. The van der Waals surface area contributed by atoms with Crippen molar-refractivity contribution in [3.63, 3.8) is 0 Å². The number of ether oxygens (including phenoxy) is 1. The SMILES string of the molecule is C=Cc1c(F)cc(NC(=O)OCc2ccccc2)cc1F. The Morgan fingerprint density at radius 1 is 1.19 bits per heavy atom. The second-order valence-corrected chi connectivity index (χ2v) is 4.24. The van der Waals surface area contributed by atoms with Gasteiger partial charge in [0.2, 0.25) is 0 Å². The smallest absolute Gasteiger partial charge is 0.411 e. The first-order chi connectivity index (χ1) is 10.1.